The van der Waals surface area contributed by atoms with Crippen molar-refractivity contribution in [2.45, 2.75) is 19.4 Å². The van der Waals surface area contributed by atoms with Gasteiger partial charge in [0.2, 0.25) is 0 Å². The topological polar surface area (TPSA) is 127 Å². The molecule has 0 aliphatic carbocycles. The van der Waals surface area contributed by atoms with E-state index in [2.05, 4.69) is 11.3 Å². The first-order valence-electron chi connectivity index (χ1n) is 4.16. The van der Waals surface area contributed by atoms with E-state index in [1.54, 1.807) is 6.92 Å². The molecule has 0 saturated heterocycles. The standard InChI is InChI=1S/C5H8O2.C4H7NO4/c1-4(2)5(6)7-3;5-2(4(8)9)1-3(6)7/h1H2,2-3H3;2H,1,5H2,(H,6,7)(H,8,9)/t;2-/m.0/s1. The third-order valence-corrected chi connectivity index (χ3v) is 1.25. The Balaban J connectivity index is 0. The fourth-order valence-corrected chi connectivity index (χ4v) is 0.450. The summed E-state index contributed by atoms with van der Waals surface area (Å²) in [5, 5.41) is 16.0. The van der Waals surface area contributed by atoms with Crippen LogP contribution in [-0.2, 0) is 19.1 Å². The molecule has 7 heteroatoms. The molecule has 0 aliphatic heterocycles. The van der Waals surface area contributed by atoms with Crippen LogP contribution in [0.1, 0.15) is 13.3 Å². The Morgan fingerprint density at radius 3 is 1.88 bits per heavy atom. The van der Waals surface area contributed by atoms with Gasteiger partial charge in [0.15, 0.2) is 0 Å². The summed E-state index contributed by atoms with van der Waals surface area (Å²) in [7, 11) is 1.33. The molecule has 0 spiro atoms. The highest BCUT2D eigenvalue weighted by Gasteiger charge is 2.14. The van der Waals surface area contributed by atoms with Crippen molar-refractivity contribution in [1.29, 1.82) is 0 Å². The van der Waals surface area contributed by atoms with Gasteiger partial charge < -0.3 is 20.7 Å². The maximum atomic E-state index is 10.2. The quantitative estimate of drug-likeness (QED) is 0.445. The molecular weight excluding hydrogens is 218 g/mol. The fraction of sp³-hybridized carbons (Fsp3) is 0.444. The highest BCUT2D eigenvalue weighted by atomic mass is 16.5. The van der Waals surface area contributed by atoms with Crippen LogP contribution in [0.15, 0.2) is 12.2 Å². The van der Waals surface area contributed by atoms with Crippen molar-refractivity contribution >= 4 is 17.9 Å². The molecule has 16 heavy (non-hydrogen) atoms. The number of ether oxygens (including phenoxy) is 1. The van der Waals surface area contributed by atoms with E-state index in [1.807, 2.05) is 0 Å². The molecule has 0 saturated carbocycles. The van der Waals surface area contributed by atoms with Gasteiger partial charge in [-0.2, -0.15) is 0 Å². The van der Waals surface area contributed by atoms with Crippen molar-refractivity contribution in [2.24, 2.45) is 5.73 Å². The number of nitrogens with two attached hydrogens (primary N) is 1. The summed E-state index contributed by atoms with van der Waals surface area (Å²) in [4.78, 5) is 29.8. The van der Waals surface area contributed by atoms with Crippen LogP contribution in [0.4, 0.5) is 0 Å². The Morgan fingerprint density at radius 1 is 1.38 bits per heavy atom. The third kappa shape index (κ3) is 10.2. The minimum Gasteiger partial charge on any atom is -0.481 e. The summed E-state index contributed by atoms with van der Waals surface area (Å²) in [5.41, 5.74) is 5.27. The Kier molecular flexibility index (Phi) is 8.70. The summed E-state index contributed by atoms with van der Waals surface area (Å²) in [6.07, 6.45) is -0.532. The molecule has 0 amide bonds. The lowest BCUT2D eigenvalue weighted by atomic mass is 10.2. The number of carbonyl (C=O) groups excluding carboxylic acids is 1. The largest absolute Gasteiger partial charge is 0.481 e. The number of methoxy groups -OCH3 is 1. The summed E-state index contributed by atoms with van der Waals surface area (Å²) in [6.45, 7) is 4.95. The zero-order valence-electron chi connectivity index (χ0n) is 9.10. The van der Waals surface area contributed by atoms with Gasteiger partial charge >= 0.3 is 17.9 Å². The molecule has 0 radical (unpaired) electrons. The molecule has 0 heterocycles. The van der Waals surface area contributed by atoms with Crippen LogP contribution in [0, 0.1) is 0 Å². The normalized spacial score (nSPS) is 10.4. The Morgan fingerprint density at radius 2 is 1.81 bits per heavy atom. The summed E-state index contributed by atoms with van der Waals surface area (Å²) < 4.78 is 4.27. The van der Waals surface area contributed by atoms with E-state index in [0.717, 1.165) is 0 Å². The van der Waals surface area contributed by atoms with Crippen molar-refractivity contribution in [3.8, 4) is 0 Å². The highest BCUT2D eigenvalue weighted by Crippen LogP contribution is 1.87. The Hall–Kier alpha value is -1.89. The van der Waals surface area contributed by atoms with E-state index in [-0.39, 0.29) is 5.97 Å². The molecular formula is C9H15NO6. The van der Waals surface area contributed by atoms with E-state index in [4.69, 9.17) is 15.9 Å². The average Bonchev–Trinajstić information content (AvgIpc) is 2.16. The maximum Gasteiger partial charge on any atom is 0.332 e. The summed E-state index contributed by atoms with van der Waals surface area (Å²) in [6, 6.07) is -1.29. The SMILES string of the molecule is C=C(C)C(=O)OC.N[C@@H](CC(=O)O)C(=O)O. The number of carboxylic acids is 2. The van der Waals surface area contributed by atoms with Gasteiger partial charge in [0.1, 0.15) is 6.04 Å². The molecule has 0 aromatic heterocycles. The number of esters is 1. The van der Waals surface area contributed by atoms with Gasteiger partial charge in [-0.25, -0.2) is 4.79 Å². The lowest BCUT2D eigenvalue weighted by molar-refractivity contribution is -0.144. The van der Waals surface area contributed by atoms with Crippen LogP contribution in [0.2, 0.25) is 0 Å². The van der Waals surface area contributed by atoms with Crippen LogP contribution < -0.4 is 5.73 Å². The minimum absolute atomic E-state index is 0.347. The van der Waals surface area contributed by atoms with Crippen molar-refractivity contribution < 1.29 is 29.3 Å². The number of rotatable bonds is 4. The fourth-order valence-electron chi connectivity index (χ4n) is 0.450. The monoisotopic (exact) mass is 233 g/mol. The molecule has 0 aromatic carbocycles. The van der Waals surface area contributed by atoms with Crippen molar-refractivity contribution in [3.63, 3.8) is 0 Å². The van der Waals surface area contributed by atoms with Crippen LogP contribution in [-0.4, -0.2) is 41.3 Å². The molecule has 1 atom stereocenters. The third-order valence-electron chi connectivity index (χ3n) is 1.25. The maximum absolute atomic E-state index is 10.2. The number of carbonyl (C=O) groups is 3. The first-order valence-corrected chi connectivity index (χ1v) is 4.16. The van der Waals surface area contributed by atoms with E-state index in [9.17, 15) is 14.4 Å². The summed E-state index contributed by atoms with van der Waals surface area (Å²) >= 11 is 0. The zero-order valence-corrected chi connectivity index (χ0v) is 9.10. The number of aliphatic carboxylic acids is 2. The highest BCUT2D eigenvalue weighted by molar-refractivity contribution is 5.86. The molecule has 0 unspecified atom stereocenters. The molecule has 0 bridgehead atoms. The molecule has 0 aromatic rings. The van der Waals surface area contributed by atoms with Gasteiger partial charge in [0, 0.05) is 5.57 Å². The van der Waals surface area contributed by atoms with Crippen molar-refractivity contribution in [3.05, 3.63) is 12.2 Å². The first kappa shape index (κ1) is 16.5. The molecule has 0 fully saturated rings. The van der Waals surface area contributed by atoms with Crippen LogP contribution in [0.5, 0.6) is 0 Å². The molecule has 4 N–H and O–H groups in total. The van der Waals surface area contributed by atoms with Crippen LogP contribution in [0.25, 0.3) is 0 Å². The van der Waals surface area contributed by atoms with Gasteiger partial charge in [0.25, 0.3) is 0 Å². The van der Waals surface area contributed by atoms with Gasteiger partial charge in [0.05, 0.1) is 13.5 Å². The first-order chi connectivity index (χ1) is 7.22. The molecule has 0 rings (SSSR count). The van der Waals surface area contributed by atoms with E-state index in [0.29, 0.717) is 5.57 Å². The van der Waals surface area contributed by atoms with E-state index >= 15 is 0 Å². The lowest BCUT2D eigenvalue weighted by Crippen LogP contribution is -2.32. The van der Waals surface area contributed by atoms with Gasteiger partial charge in [-0.3, -0.25) is 9.59 Å². The van der Waals surface area contributed by atoms with E-state index in [1.165, 1.54) is 7.11 Å². The molecule has 0 aliphatic rings. The average molecular weight is 233 g/mol. The number of hydrogen-bond donors (Lipinski definition) is 3. The van der Waals surface area contributed by atoms with Crippen molar-refractivity contribution in [2.75, 3.05) is 7.11 Å². The van der Waals surface area contributed by atoms with Gasteiger partial charge in [-0.05, 0) is 6.92 Å². The Labute approximate surface area is 92.5 Å². The van der Waals surface area contributed by atoms with Crippen LogP contribution >= 0.6 is 0 Å². The zero-order chi connectivity index (χ0) is 13.3. The second-order valence-corrected chi connectivity index (χ2v) is 2.81. The second-order valence-electron chi connectivity index (χ2n) is 2.81. The van der Waals surface area contributed by atoms with Crippen molar-refractivity contribution in [1.82, 2.24) is 0 Å². The minimum atomic E-state index is -1.29. The predicted molar refractivity (Wildman–Crippen MR) is 54.7 cm³/mol. The van der Waals surface area contributed by atoms with Gasteiger partial charge in [-0.15, -0.1) is 0 Å². The van der Waals surface area contributed by atoms with Crippen LogP contribution in [0.3, 0.4) is 0 Å². The lowest BCUT2D eigenvalue weighted by Gasteiger charge is -1.99. The smallest absolute Gasteiger partial charge is 0.332 e. The second kappa shape index (κ2) is 8.42. The van der Waals surface area contributed by atoms with E-state index < -0.39 is 24.4 Å². The molecule has 92 valence electrons. The predicted octanol–water partition coefficient (Wildman–Crippen LogP) is -0.391. The molecule has 7 nitrogen and oxygen atoms in total. The Bertz CT molecular complexity index is 286. The summed E-state index contributed by atoms with van der Waals surface area (Å²) in [5.74, 6) is -2.85. The number of carboxylic acid groups (broad SMARTS) is 2. The number of hydrogen-bond acceptors (Lipinski definition) is 5. The van der Waals surface area contributed by atoms with Gasteiger partial charge in [-0.1, -0.05) is 6.58 Å².